The van der Waals surface area contributed by atoms with Crippen molar-refractivity contribution in [1.29, 1.82) is 0 Å². The minimum atomic E-state index is 0.000363. The molecule has 110 valence electrons. The van der Waals surface area contributed by atoms with Crippen LogP contribution in [0, 0.1) is 6.92 Å². The quantitative estimate of drug-likeness (QED) is 0.785. The van der Waals surface area contributed by atoms with Crippen LogP contribution in [0.15, 0.2) is 42.5 Å². The molecule has 0 aromatic heterocycles. The first-order valence-electron chi connectivity index (χ1n) is 7.00. The maximum atomic E-state index is 11.3. The highest BCUT2D eigenvalue weighted by Crippen LogP contribution is 2.20. The molecule has 0 atom stereocenters. The summed E-state index contributed by atoms with van der Waals surface area (Å²) in [7, 11) is 0. The van der Waals surface area contributed by atoms with Crippen LogP contribution in [0.1, 0.15) is 24.5 Å². The summed E-state index contributed by atoms with van der Waals surface area (Å²) >= 11 is 0. The normalized spacial score (nSPS) is 10.2. The van der Waals surface area contributed by atoms with Crippen LogP contribution in [0.2, 0.25) is 0 Å². The van der Waals surface area contributed by atoms with E-state index in [4.69, 9.17) is 0 Å². The van der Waals surface area contributed by atoms with E-state index in [9.17, 15) is 9.90 Å². The Hall–Kier alpha value is -2.49. The van der Waals surface area contributed by atoms with Crippen LogP contribution in [0.25, 0.3) is 0 Å². The minimum absolute atomic E-state index is 0.000363. The highest BCUT2D eigenvalue weighted by molar-refractivity contribution is 5.90. The zero-order valence-electron chi connectivity index (χ0n) is 12.3. The number of aromatic hydroxyl groups is 1. The van der Waals surface area contributed by atoms with Crippen molar-refractivity contribution in [3.63, 3.8) is 0 Å². The topological polar surface area (TPSA) is 61.4 Å². The van der Waals surface area contributed by atoms with Crippen molar-refractivity contribution >= 4 is 17.3 Å². The van der Waals surface area contributed by atoms with Crippen LogP contribution >= 0.6 is 0 Å². The van der Waals surface area contributed by atoms with Crippen molar-refractivity contribution in [2.24, 2.45) is 0 Å². The lowest BCUT2D eigenvalue weighted by atomic mass is 10.1. The van der Waals surface area contributed by atoms with Gasteiger partial charge in [-0.2, -0.15) is 0 Å². The molecule has 0 aliphatic heterocycles. The molecule has 4 heteroatoms. The van der Waals surface area contributed by atoms with Gasteiger partial charge in [0.1, 0.15) is 5.75 Å². The molecule has 0 spiro atoms. The Morgan fingerprint density at radius 1 is 1.10 bits per heavy atom. The fourth-order valence-electron chi connectivity index (χ4n) is 1.97. The lowest BCUT2D eigenvalue weighted by Gasteiger charge is -2.10. The van der Waals surface area contributed by atoms with Crippen molar-refractivity contribution in [1.82, 2.24) is 0 Å². The first-order valence-corrected chi connectivity index (χ1v) is 7.00. The standard InChI is InChI=1S/C17H20N2O2/c1-3-17(21)19-15-7-5-14(6-8-15)18-11-13-10-12(2)4-9-16(13)20/h4-10,18,20H,3,11H2,1-2H3,(H,19,21). The molecule has 3 N–H and O–H groups in total. The van der Waals surface area contributed by atoms with Gasteiger partial charge in [0.15, 0.2) is 0 Å². The van der Waals surface area contributed by atoms with Crippen molar-refractivity contribution in [3.8, 4) is 5.75 Å². The third kappa shape index (κ3) is 4.24. The Labute approximate surface area is 124 Å². The minimum Gasteiger partial charge on any atom is -0.508 e. The van der Waals surface area contributed by atoms with Gasteiger partial charge in [0.2, 0.25) is 5.91 Å². The number of anilines is 2. The molecule has 0 bridgehead atoms. The van der Waals surface area contributed by atoms with Gasteiger partial charge >= 0.3 is 0 Å². The van der Waals surface area contributed by atoms with Gasteiger partial charge in [-0.05, 0) is 37.3 Å². The summed E-state index contributed by atoms with van der Waals surface area (Å²) in [5, 5.41) is 15.8. The molecule has 4 nitrogen and oxygen atoms in total. The molecule has 2 rings (SSSR count). The number of nitrogens with one attached hydrogen (secondary N) is 2. The smallest absolute Gasteiger partial charge is 0.224 e. The Balaban J connectivity index is 1.97. The molecule has 0 saturated heterocycles. The third-order valence-electron chi connectivity index (χ3n) is 3.21. The lowest BCUT2D eigenvalue weighted by Crippen LogP contribution is -2.09. The number of benzene rings is 2. The maximum absolute atomic E-state index is 11.3. The summed E-state index contributed by atoms with van der Waals surface area (Å²) in [6, 6.07) is 13.0. The second-order valence-corrected chi connectivity index (χ2v) is 4.96. The van der Waals surface area contributed by atoms with E-state index in [0.717, 1.165) is 22.5 Å². The number of aryl methyl sites for hydroxylation is 1. The van der Waals surface area contributed by atoms with Gasteiger partial charge in [0, 0.05) is 29.9 Å². The van der Waals surface area contributed by atoms with Gasteiger partial charge in [0.25, 0.3) is 0 Å². The van der Waals surface area contributed by atoms with E-state index in [2.05, 4.69) is 10.6 Å². The summed E-state index contributed by atoms with van der Waals surface area (Å²) in [5.74, 6) is 0.292. The zero-order chi connectivity index (χ0) is 15.2. The number of hydrogen-bond acceptors (Lipinski definition) is 3. The van der Waals surface area contributed by atoms with E-state index in [1.165, 1.54) is 0 Å². The van der Waals surface area contributed by atoms with E-state index in [-0.39, 0.29) is 5.91 Å². The molecular formula is C17H20N2O2. The SMILES string of the molecule is CCC(=O)Nc1ccc(NCc2cc(C)ccc2O)cc1. The van der Waals surface area contributed by atoms with Crippen LogP contribution in [0.5, 0.6) is 5.75 Å². The molecule has 0 heterocycles. The molecule has 0 saturated carbocycles. The van der Waals surface area contributed by atoms with Crippen molar-refractivity contribution in [3.05, 3.63) is 53.6 Å². The molecule has 2 aromatic carbocycles. The lowest BCUT2D eigenvalue weighted by molar-refractivity contribution is -0.115. The molecular weight excluding hydrogens is 264 g/mol. The molecule has 0 radical (unpaired) electrons. The monoisotopic (exact) mass is 284 g/mol. The summed E-state index contributed by atoms with van der Waals surface area (Å²) in [6.07, 6.45) is 0.465. The van der Waals surface area contributed by atoms with Crippen LogP contribution in [0.3, 0.4) is 0 Å². The highest BCUT2D eigenvalue weighted by Gasteiger charge is 2.02. The number of hydrogen-bond donors (Lipinski definition) is 3. The fourth-order valence-corrected chi connectivity index (χ4v) is 1.97. The van der Waals surface area contributed by atoms with Crippen LogP contribution < -0.4 is 10.6 Å². The molecule has 1 amide bonds. The van der Waals surface area contributed by atoms with Crippen molar-refractivity contribution in [2.45, 2.75) is 26.8 Å². The predicted molar refractivity (Wildman–Crippen MR) is 85.5 cm³/mol. The van der Waals surface area contributed by atoms with Gasteiger partial charge in [-0.15, -0.1) is 0 Å². The molecule has 0 unspecified atom stereocenters. The Morgan fingerprint density at radius 3 is 2.43 bits per heavy atom. The average molecular weight is 284 g/mol. The van der Waals surface area contributed by atoms with Gasteiger partial charge in [0.05, 0.1) is 0 Å². The Morgan fingerprint density at radius 2 is 1.76 bits per heavy atom. The Kier molecular flexibility index (Phi) is 4.82. The zero-order valence-corrected chi connectivity index (χ0v) is 12.3. The molecule has 0 aliphatic carbocycles. The number of carbonyl (C=O) groups is 1. The van der Waals surface area contributed by atoms with Crippen molar-refractivity contribution in [2.75, 3.05) is 10.6 Å². The predicted octanol–water partition coefficient (Wildman–Crippen LogP) is 3.66. The number of phenols is 1. The second kappa shape index (κ2) is 6.79. The van der Waals surface area contributed by atoms with Gasteiger partial charge < -0.3 is 15.7 Å². The van der Waals surface area contributed by atoms with E-state index in [1.54, 1.807) is 6.07 Å². The molecule has 0 aliphatic rings. The number of phenolic OH excluding ortho intramolecular Hbond substituents is 1. The Bertz CT molecular complexity index is 621. The average Bonchev–Trinajstić information content (AvgIpc) is 2.49. The van der Waals surface area contributed by atoms with Crippen LogP contribution in [-0.4, -0.2) is 11.0 Å². The summed E-state index contributed by atoms with van der Waals surface area (Å²) in [5.41, 5.74) is 3.69. The van der Waals surface area contributed by atoms with Crippen LogP contribution in [-0.2, 0) is 11.3 Å². The summed E-state index contributed by atoms with van der Waals surface area (Å²) in [4.78, 5) is 11.3. The second-order valence-electron chi connectivity index (χ2n) is 4.96. The molecule has 2 aromatic rings. The maximum Gasteiger partial charge on any atom is 0.224 e. The first kappa shape index (κ1) is 14.9. The van der Waals surface area contributed by atoms with E-state index in [0.29, 0.717) is 18.7 Å². The number of rotatable bonds is 5. The van der Waals surface area contributed by atoms with E-state index < -0.39 is 0 Å². The summed E-state index contributed by atoms with van der Waals surface area (Å²) in [6.45, 7) is 4.36. The van der Waals surface area contributed by atoms with Gasteiger partial charge in [-0.25, -0.2) is 0 Å². The van der Waals surface area contributed by atoms with E-state index in [1.807, 2.05) is 50.2 Å². The third-order valence-corrected chi connectivity index (χ3v) is 3.21. The van der Waals surface area contributed by atoms with Gasteiger partial charge in [-0.3, -0.25) is 4.79 Å². The van der Waals surface area contributed by atoms with Gasteiger partial charge in [-0.1, -0.05) is 24.6 Å². The van der Waals surface area contributed by atoms with Crippen LogP contribution in [0.4, 0.5) is 11.4 Å². The summed E-state index contributed by atoms with van der Waals surface area (Å²) < 4.78 is 0. The molecule has 0 fully saturated rings. The number of amides is 1. The largest absolute Gasteiger partial charge is 0.508 e. The fraction of sp³-hybridized carbons (Fsp3) is 0.235. The number of carbonyl (C=O) groups excluding carboxylic acids is 1. The first-order chi connectivity index (χ1) is 10.1. The van der Waals surface area contributed by atoms with Crippen molar-refractivity contribution < 1.29 is 9.90 Å². The van der Waals surface area contributed by atoms with E-state index >= 15 is 0 Å². The highest BCUT2D eigenvalue weighted by atomic mass is 16.3. The molecule has 21 heavy (non-hydrogen) atoms.